The highest BCUT2D eigenvalue weighted by atomic mass is 79.9. The van der Waals surface area contributed by atoms with Crippen molar-refractivity contribution in [2.45, 2.75) is 6.92 Å². The van der Waals surface area contributed by atoms with Crippen molar-refractivity contribution in [1.82, 2.24) is 4.90 Å². The Morgan fingerprint density at radius 1 is 1.37 bits per heavy atom. The van der Waals surface area contributed by atoms with E-state index in [9.17, 15) is 9.59 Å². The van der Waals surface area contributed by atoms with Crippen LogP contribution in [0.15, 0.2) is 41.4 Å². The Morgan fingerprint density at radius 2 is 2.00 bits per heavy atom. The second-order valence-electron chi connectivity index (χ2n) is 3.79. The summed E-state index contributed by atoms with van der Waals surface area (Å²) in [4.78, 5) is 25.1. The second kappa shape index (κ2) is 7.74. The van der Waals surface area contributed by atoms with Crippen LogP contribution in [0.1, 0.15) is 17.3 Å². The number of benzene rings is 1. The Labute approximate surface area is 121 Å². The summed E-state index contributed by atoms with van der Waals surface area (Å²) in [6.45, 7) is 5.84. The maximum atomic E-state index is 12.2. The van der Waals surface area contributed by atoms with E-state index in [-0.39, 0.29) is 12.5 Å². The van der Waals surface area contributed by atoms with Gasteiger partial charge in [0, 0.05) is 16.6 Å². The van der Waals surface area contributed by atoms with Crippen LogP contribution in [0, 0.1) is 0 Å². The normalized spacial score (nSPS) is 9.79. The van der Waals surface area contributed by atoms with Gasteiger partial charge in [-0.15, -0.1) is 6.58 Å². The monoisotopic (exact) mass is 325 g/mol. The fourth-order valence-electron chi connectivity index (χ4n) is 1.51. The molecule has 0 aliphatic heterocycles. The summed E-state index contributed by atoms with van der Waals surface area (Å²) in [5.74, 6) is -0.643. The molecule has 102 valence electrons. The lowest BCUT2D eigenvalue weighted by Gasteiger charge is -2.20. The highest BCUT2D eigenvalue weighted by Crippen LogP contribution is 2.12. The SMILES string of the molecule is C=CCN(CC(=O)OCC)C(=O)c1ccc(Br)cc1. The average molecular weight is 326 g/mol. The maximum Gasteiger partial charge on any atom is 0.325 e. The molecule has 0 aliphatic rings. The summed E-state index contributed by atoms with van der Waals surface area (Å²) >= 11 is 3.31. The quantitative estimate of drug-likeness (QED) is 0.596. The number of carbonyl (C=O) groups is 2. The van der Waals surface area contributed by atoms with Crippen molar-refractivity contribution < 1.29 is 14.3 Å². The summed E-state index contributed by atoms with van der Waals surface area (Å²) in [7, 11) is 0. The van der Waals surface area contributed by atoms with Crippen molar-refractivity contribution >= 4 is 27.8 Å². The second-order valence-corrected chi connectivity index (χ2v) is 4.70. The lowest BCUT2D eigenvalue weighted by molar-refractivity contribution is -0.143. The zero-order valence-corrected chi connectivity index (χ0v) is 12.4. The Kier molecular flexibility index (Phi) is 6.29. The van der Waals surface area contributed by atoms with Crippen LogP contribution >= 0.6 is 15.9 Å². The first-order chi connectivity index (χ1) is 9.08. The lowest BCUT2D eigenvalue weighted by atomic mass is 10.2. The molecule has 19 heavy (non-hydrogen) atoms. The lowest BCUT2D eigenvalue weighted by Crippen LogP contribution is -2.36. The van der Waals surface area contributed by atoms with Gasteiger partial charge in [-0.1, -0.05) is 22.0 Å². The number of esters is 1. The standard InChI is InChI=1S/C14H16BrNO3/c1-3-9-16(10-13(17)19-4-2)14(18)11-5-7-12(15)8-6-11/h3,5-8H,1,4,9-10H2,2H3. The summed E-state index contributed by atoms with van der Waals surface area (Å²) in [6.07, 6.45) is 1.58. The Bertz CT molecular complexity index is 456. The zero-order chi connectivity index (χ0) is 14.3. The van der Waals surface area contributed by atoms with Crippen molar-refractivity contribution in [2.75, 3.05) is 19.7 Å². The van der Waals surface area contributed by atoms with Crippen LogP contribution in [0.2, 0.25) is 0 Å². The van der Waals surface area contributed by atoms with Gasteiger partial charge < -0.3 is 9.64 Å². The molecule has 1 aromatic carbocycles. The minimum absolute atomic E-state index is 0.0746. The van der Waals surface area contributed by atoms with Crippen molar-refractivity contribution in [2.24, 2.45) is 0 Å². The van der Waals surface area contributed by atoms with E-state index in [1.165, 1.54) is 4.90 Å². The molecule has 0 radical (unpaired) electrons. The van der Waals surface area contributed by atoms with E-state index in [0.29, 0.717) is 18.7 Å². The molecule has 0 bridgehead atoms. The maximum absolute atomic E-state index is 12.2. The first-order valence-electron chi connectivity index (χ1n) is 5.89. The molecular formula is C14H16BrNO3. The minimum Gasteiger partial charge on any atom is -0.465 e. The van der Waals surface area contributed by atoms with Crippen LogP contribution in [-0.4, -0.2) is 36.5 Å². The number of rotatable bonds is 6. The van der Waals surface area contributed by atoms with E-state index in [1.54, 1.807) is 37.3 Å². The van der Waals surface area contributed by atoms with E-state index in [2.05, 4.69) is 22.5 Å². The van der Waals surface area contributed by atoms with Gasteiger partial charge in [0.1, 0.15) is 6.54 Å². The van der Waals surface area contributed by atoms with Crippen molar-refractivity contribution in [3.05, 3.63) is 47.0 Å². The smallest absolute Gasteiger partial charge is 0.325 e. The first kappa shape index (κ1) is 15.4. The summed E-state index contributed by atoms with van der Waals surface area (Å²) in [6, 6.07) is 6.97. The van der Waals surface area contributed by atoms with Crippen LogP contribution in [0.3, 0.4) is 0 Å². The van der Waals surface area contributed by atoms with Crippen molar-refractivity contribution in [3.63, 3.8) is 0 Å². The highest BCUT2D eigenvalue weighted by Gasteiger charge is 2.18. The van der Waals surface area contributed by atoms with Gasteiger partial charge in [-0.2, -0.15) is 0 Å². The number of halogens is 1. The molecule has 0 heterocycles. The van der Waals surface area contributed by atoms with Crippen LogP contribution in [0.25, 0.3) is 0 Å². The van der Waals surface area contributed by atoms with E-state index >= 15 is 0 Å². The number of nitrogens with zero attached hydrogens (tertiary/aromatic N) is 1. The molecule has 0 N–H and O–H groups in total. The largest absolute Gasteiger partial charge is 0.465 e. The third-order valence-corrected chi connectivity index (χ3v) is 2.88. The molecule has 1 aromatic rings. The fraction of sp³-hybridized carbons (Fsp3) is 0.286. The van der Waals surface area contributed by atoms with E-state index in [1.807, 2.05) is 0 Å². The van der Waals surface area contributed by atoms with Crippen LogP contribution in [0.4, 0.5) is 0 Å². The van der Waals surface area contributed by atoms with Gasteiger partial charge in [-0.25, -0.2) is 0 Å². The third kappa shape index (κ3) is 4.87. The van der Waals surface area contributed by atoms with Gasteiger partial charge in [0.15, 0.2) is 0 Å². The number of hydrogen-bond acceptors (Lipinski definition) is 3. The van der Waals surface area contributed by atoms with Gasteiger partial charge >= 0.3 is 5.97 Å². The van der Waals surface area contributed by atoms with Crippen LogP contribution < -0.4 is 0 Å². The number of amides is 1. The molecule has 0 fully saturated rings. The zero-order valence-electron chi connectivity index (χ0n) is 10.8. The Balaban J connectivity index is 2.80. The number of hydrogen-bond donors (Lipinski definition) is 0. The first-order valence-corrected chi connectivity index (χ1v) is 6.69. The topological polar surface area (TPSA) is 46.6 Å². The summed E-state index contributed by atoms with van der Waals surface area (Å²) < 4.78 is 5.74. The molecule has 4 nitrogen and oxygen atoms in total. The fourth-order valence-corrected chi connectivity index (χ4v) is 1.78. The molecule has 0 spiro atoms. The van der Waals surface area contributed by atoms with Gasteiger partial charge in [0.05, 0.1) is 6.61 Å². The molecule has 0 saturated heterocycles. The highest BCUT2D eigenvalue weighted by molar-refractivity contribution is 9.10. The predicted molar refractivity (Wildman–Crippen MR) is 76.9 cm³/mol. The minimum atomic E-state index is -0.421. The van der Waals surface area contributed by atoms with E-state index in [4.69, 9.17) is 4.74 Å². The molecule has 0 atom stereocenters. The van der Waals surface area contributed by atoms with Gasteiger partial charge in [-0.05, 0) is 31.2 Å². The molecule has 1 rings (SSSR count). The van der Waals surface area contributed by atoms with Crippen LogP contribution in [-0.2, 0) is 9.53 Å². The molecule has 0 aromatic heterocycles. The molecule has 0 aliphatic carbocycles. The van der Waals surface area contributed by atoms with Gasteiger partial charge in [-0.3, -0.25) is 9.59 Å². The summed E-state index contributed by atoms with van der Waals surface area (Å²) in [5.41, 5.74) is 0.523. The Morgan fingerprint density at radius 3 is 2.53 bits per heavy atom. The summed E-state index contributed by atoms with van der Waals surface area (Å²) in [5, 5.41) is 0. The number of carbonyl (C=O) groups excluding carboxylic acids is 2. The number of ether oxygens (including phenoxy) is 1. The average Bonchev–Trinajstić information content (AvgIpc) is 2.38. The molecule has 0 unspecified atom stereocenters. The molecule has 5 heteroatoms. The van der Waals surface area contributed by atoms with Gasteiger partial charge in [0.25, 0.3) is 5.91 Å². The van der Waals surface area contributed by atoms with E-state index in [0.717, 1.165) is 4.47 Å². The molecule has 1 amide bonds. The van der Waals surface area contributed by atoms with Crippen LogP contribution in [0.5, 0.6) is 0 Å². The predicted octanol–water partition coefficient (Wildman–Crippen LogP) is 2.64. The third-order valence-electron chi connectivity index (χ3n) is 2.35. The van der Waals surface area contributed by atoms with Crippen molar-refractivity contribution in [1.29, 1.82) is 0 Å². The van der Waals surface area contributed by atoms with Crippen molar-refractivity contribution in [3.8, 4) is 0 Å². The Hall–Kier alpha value is -1.62. The molecule has 0 saturated carbocycles. The molecular weight excluding hydrogens is 310 g/mol. The van der Waals surface area contributed by atoms with E-state index < -0.39 is 5.97 Å². The van der Waals surface area contributed by atoms with Gasteiger partial charge in [0.2, 0.25) is 0 Å².